The van der Waals surface area contributed by atoms with Crippen molar-refractivity contribution in [3.05, 3.63) is 63.4 Å². The van der Waals surface area contributed by atoms with Gasteiger partial charge in [-0.05, 0) is 55.0 Å². The number of aryl methyl sites for hydroxylation is 1. The Morgan fingerprint density at radius 1 is 1.05 bits per heavy atom. The molecule has 3 rings (SSSR count). The zero-order chi connectivity index (χ0) is 13.9. The lowest BCUT2D eigenvalue weighted by Crippen LogP contribution is -2.26. The van der Waals surface area contributed by atoms with Crippen molar-refractivity contribution in [1.82, 2.24) is 4.90 Å². The molecule has 0 unspecified atom stereocenters. The molecule has 0 atom stereocenters. The van der Waals surface area contributed by atoms with Crippen molar-refractivity contribution in [3.63, 3.8) is 0 Å². The van der Waals surface area contributed by atoms with Crippen molar-refractivity contribution in [2.45, 2.75) is 19.8 Å². The van der Waals surface area contributed by atoms with Crippen molar-refractivity contribution in [2.24, 2.45) is 0 Å². The molecule has 0 bridgehead atoms. The molecule has 0 aliphatic carbocycles. The van der Waals surface area contributed by atoms with Crippen LogP contribution in [-0.2, 0) is 0 Å². The summed E-state index contributed by atoms with van der Waals surface area (Å²) in [7, 11) is 2.22. The molecular weight excluding hydrogens is 262 g/mol. The highest BCUT2D eigenvalue weighted by Crippen LogP contribution is 2.35. The Morgan fingerprint density at radius 3 is 2.45 bits per heavy atom. The summed E-state index contributed by atoms with van der Waals surface area (Å²) in [5.41, 5.74) is 5.91. The van der Waals surface area contributed by atoms with E-state index in [9.17, 15) is 0 Å². The van der Waals surface area contributed by atoms with Crippen LogP contribution >= 0.6 is 11.3 Å². The standard InChI is InChI=1S/C18H21NS/c1-14-6-3-4-7-16(14)18(17-8-5-13-20-17)15-9-11-19(2)12-10-15/h3-8,13H,9-12H2,1-2H3. The van der Waals surface area contributed by atoms with Gasteiger partial charge in [-0.15, -0.1) is 11.3 Å². The summed E-state index contributed by atoms with van der Waals surface area (Å²) < 4.78 is 0. The predicted octanol–water partition coefficient (Wildman–Crippen LogP) is 4.58. The second-order valence-electron chi connectivity index (χ2n) is 5.57. The van der Waals surface area contributed by atoms with Gasteiger partial charge in [0.25, 0.3) is 0 Å². The van der Waals surface area contributed by atoms with Crippen LogP contribution in [0, 0.1) is 6.92 Å². The summed E-state index contributed by atoms with van der Waals surface area (Å²) in [6.07, 6.45) is 2.39. The Labute approximate surface area is 125 Å². The summed E-state index contributed by atoms with van der Waals surface area (Å²) in [5, 5.41) is 2.18. The van der Waals surface area contributed by atoms with Crippen LogP contribution in [0.5, 0.6) is 0 Å². The third-order valence-electron chi connectivity index (χ3n) is 4.13. The van der Waals surface area contributed by atoms with E-state index in [0.717, 1.165) is 0 Å². The van der Waals surface area contributed by atoms with Crippen molar-refractivity contribution in [3.8, 4) is 0 Å². The summed E-state index contributed by atoms with van der Waals surface area (Å²) in [6, 6.07) is 13.2. The van der Waals surface area contributed by atoms with E-state index in [-0.39, 0.29) is 0 Å². The molecule has 1 aliphatic heterocycles. The number of likely N-dealkylation sites (tertiary alicyclic amines) is 1. The molecule has 1 aromatic heterocycles. The molecule has 1 aromatic carbocycles. The third-order valence-corrected chi connectivity index (χ3v) is 5.01. The van der Waals surface area contributed by atoms with Gasteiger partial charge in [-0.2, -0.15) is 0 Å². The second-order valence-corrected chi connectivity index (χ2v) is 6.52. The first-order valence-corrected chi connectivity index (χ1v) is 8.14. The van der Waals surface area contributed by atoms with Crippen LogP contribution in [0.2, 0.25) is 0 Å². The number of nitrogens with zero attached hydrogens (tertiary/aromatic N) is 1. The predicted molar refractivity (Wildman–Crippen MR) is 88.3 cm³/mol. The highest BCUT2D eigenvalue weighted by molar-refractivity contribution is 7.11. The summed E-state index contributed by atoms with van der Waals surface area (Å²) in [6.45, 7) is 4.57. The smallest absolute Gasteiger partial charge is 0.0348 e. The quantitative estimate of drug-likeness (QED) is 0.779. The number of thiophene rings is 1. The molecule has 20 heavy (non-hydrogen) atoms. The maximum Gasteiger partial charge on any atom is 0.0348 e. The zero-order valence-corrected chi connectivity index (χ0v) is 13.0. The monoisotopic (exact) mass is 283 g/mol. The fourth-order valence-electron chi connectivity index (χ4n) is 2.91. The Morgan fingerprint density at radius 2 is 1.80 bits per heavy atom. The lowest BCUT2D eigenvalue weighted by atomic mass is 9.90. The maximum atomic E-state index is 2.42. The van der Waals surface area contributed by atoms with E-state index in [1.54, 1.807) is 5.57 Å². The molecule has 1 nitrogen and oxygen atoms in total. The minimum absolute atomic E-state index is 1.18. The van der Waals surface area contributed by atoms with Crippen LogP contribution in [0.4, 0.5) is 0 Å². The van der Waals surface area contributed by atoms with Gasteiger partial charge in [-0.25, -0.2) is 0 Å². The molecule has 1 fully saturated rings. The molecule has 0 amide bonds. The topological polar surface area (TPSA) is 3.24 Å². The van der Waals surface area contributed by atoms with Gasteiger partial charge in [0.1, 0.15) is 0 Å². The molecule has 2 heteroatoms. The van der Waals surface area contributed by atoms with E-state index >= 15 is 0 Å². The van der Waals surface area contributed by atoms with Gasteiger partial charge in [0.15, 0.2) is 0 Å². The molecule has 0 spiro atoms. The summed E-state index contributed by atoms with van der Waals surface area (Å²) in [4.78, 5) is 3.84. The van der Waals surface area contributed by atoms with Gasteiger partial charge in [0, 0.05) is 18.0 Å². The Bertz CT molecular complexity index is 600. The largest absolute Gasteiger partial charge is 0.306 e. The van der Waals surface area contributed by atoms with Crippen molar-refractivity contribution in [2.75, 3.05) is 20.1 Å². The first kappa shape index (κ1) is 13.6. The normalized spacial score (nSPS) is 16.4. The average Bonchev–Trinajstić information content (AvgIpc) is 2.97. The number of piperidine rings is 1. The van der Waals surface area contributed by atoms with Crippen molar-refractivity contribution in [1.29, 1.82) is 0 Å². The van der Waals surface area contributed by atoms with Crippen LogP contribution < -0.4 is 0 Å². The SMILES string of the molecule is Cc1ccccc1C(=C1CCN(C)CC1)c1cccs1. The van der Waals surface area contributed by atoms with Crippen LogP contribution in [-0.4, -0.2) is 25.0 Å². The Kier molecular flexibility index (Phi) is 4.04. The number of hydrogen-bond acceptors (Lipinski definition) is 2. The zero-order valence-electron chi connectivity index (χ0n) is 12.2. The van der Waals surface area contributed by atoms with E-state index in [1.165, 1.54) is 47.5 Å². The second kappa shape index (κ2) is 5.94. The first-order chi connectivity index (χ1) is 9.75. The van der Waals surface area contributed by atoms with Crippen LogP contribution in [0.15, 0.2) is 47.4 Å². The minimum Gasteiger partial charge on any atom is -0.306 e. The molecule has 1 aliphatic rings. The summed E-state index contributed by atoms with van der Waals surface area (Å²) in [5.74, 6) is 0. The van der Waals surface area contributed by atoms with Crippen LogP contribution in [0.25, 0.3) is 5.57 Å². The molecular formula is C18H21NS. The van der Waals surface area contributed by atoms with Gasteiger partial charge in [0.05, 0.1) is 0 Å². The van der Waals surface area contributed by atoms with E-state index < -0.39 is 0 Å². The highest BCUT2D eigenvalue weighted by Gasteiger charge is 2.18. The molecule has 2 heterocycles. The molecule has 0 radical (unpaired) electrons. The highest BCUT2D eigenvalue weighted by atomic mass is 32.1. The molecule has 0 saturated carbocycles. The Balaban J connectivity index is 2.10. The van der Waals surface area contributed by atoms with Gasteiger partial charge >= 0.3 is 0 Å². The fraction of sp³-hybridized carbons (Fsp3) is 0.333. The van der Waals surface area contributed by atoms with Crippen LogP contribution in [0.1, 0.15) is 28.8 Å². The van der Waals surface area contributed by atoms with Crippen LogP contribution in [0.3, 0.4) is 0 Å². The molecule has 1 saturated heterocycles. The fourth-order valence-corrected chi connectivity index (χ4v) is 3.74. The molecule has 0 N–H and O–H groups in total. The van der Waals surface area contributed by atoms with Crippen molar-refractivity contribution >= 4 is 16.9 Å². The van der Waals surface area contributed by atoms with E-state index in [1.807, 2.05) is 11.3 Å². The van der Waals surface area contributed by atoms with Gasteiger partial charge < -0.3 is 4.90 Å². The van der Waals surface area contributed by atoms with E-state index in [4.69, 9.17) is 0 Å². The van der Waals surface area contributed by atoms with Gasteiger partial charge in [-0.1, -0.05) is 35.9 Å². The minimum atomic E-state index is 1.18. The maximum absolute atomic E-state index is 2.42. The Hall–Kier alpha value is -1.38. The number of hydrogen-bond donors (Lipinski definition) is 0. The number of benzene rings is 1. The lowest BCUT2D eigenvalue weighted by molar-refractivity contribution is 0.313. The lowest BCUT2D eigenvalue weighted by Gasteiger charge is -2.27. The molecule has 2 aromatic rings. The first-order valence-electron chi connectivity index (χ1n) is 7.26. The van der Waals surface area contributed by atoms with E-state index in [0.29, 0.717) is 0 Å². The summed E-state index contributed by atoms with van der Waals surface area (Å²) >= 11 is 1.86. The van der Waals surface area contributed by atoms with Gasteiger partial charge in [0.2, 0.25) is 0 Å². The average molecular weight is 283 g/mol. The van der Waals surface area contributed by atoms with Crippen molar-refractivity contribution < 1.29 is 0 Å². The third kappa shape index (κ3) is 2.72. The van der Waals surface area contributed by atoms with E-state index in [2.05, 4.69) is 60.6 Å². The molecule has 104 valence electrons. The number of rotatable bonds is 2. The van der Waals surface area contributed by atoms with Gasteiger partial charge in [-0.3, -0.25) is 0 Å².